The molecule has 5 atom stereocenters. The van der Waals surface area contributed by atoms with Gasteiger partial charge in [-0.1, -0.05) is 11.2 Å². The molecule has 26 heavy (non-hydrogen) atoms. The first kappa shape index (κ1) is 16.1. The van der Waals surface area contributed by atoms with Crippen LogP contribution in [0, 0.1) is 11.8 Å². The van der Waals surface area contributed by atoms with Crippen LogP contribution in [0.4, 0.5) is 0 Å². The van der Waals surface area contributed by atoms with E-state index in [0.29, 0.717) is 12.3 Å². The molecular formula is C20H26N4O2. The number of amides is 1. The van der Waals surface area contributed by atoms with Crippen molar-refractivity contribution in [1.29, 1.82) is 0 Å². The van der Waals surface area contributed by atoms with Gasteiger partial charge in [-0.15, -0.1) is 0 Å². The molecule has 1 saturated carbocycles. The highest BCUT2D eigenvalue weighted by Crippen LogP contribution is 2.39. The van der Waals surface area contributed by atoms with Crippen LogP contribution in [0.15, 0.2) is 33.6 Å². The summed E-state index contributed by atoms with van der Waals surface area (Å²) in [6.45, 7) is 6.23. The summed E-state index contributed by atoms with van der Waals surface area (Å²) in [5.74, 6) is 2.08. The van der Waals surface area contributed by atoms with Crippen molar-refractivity contribution in [3.05, 3.63) is 23.4 Å². The summed E-state index contributed by atoms with van der Waals surface area (Å²) >= 11 is 0. The molecular weight excluding hydrogens is 328 g/mol. The molecule has 6 nitrogen and oxygen atoms in total. The van der Waals surface area contributed by atoms with E-state index in [-0.39, 0.29) is 36.1 Å². The summed E-state index contributed by atoms with van der Waals surface area (Å²) in [6, 6.07) is 0.254. The number of amidine groups is 1. The first-order valence-electron chi connectivity index (χ1n) is 9.82. The summed E-state index contributed by atoms with van der Waals surface area (Å²) in [7, 11) is 0. The third-order valence-corrected chi connectivity index (χ3v) is 6.34. The van der Waals surface area contributed by atoms with Gasteiger partial charge in [0.25, 0.3) is 0 Å². The minimum absolute atomic E-state index is 0.00808. The molecule has 0 spiro atoms. The van der Waals surface area contributed by atoms with Gasteiger partial charge in [-0.25, -0.2) is 0 Å². The maximum Gasteiger partial charge on any atom is 0.223 e. The topological polar surface area (TPSA) is 66.3 Å². The van der Waals surface area contributed by atoms with Gasteiger partial charge in [0.05, 0.1) is 17.7 Å². The number of rotatable bonds is 3. The average molecular weight is 354 g/mol. The van der Waals surface area contributed by atoms with E-state index in [1.54, 1.807) is 0 Å². The molecule has 2 aliphatic carbocycles. The number of fused-ring (bicyclic) bond motifs is 1. The molecule has 5 unspecified atom stereocenters. The minimum Gasteiger partial charge on any atom is -0.392 e. The fourth-order valence-corrected chi connectivity index (χ4v) is 4.80. The maximum absolute atomic E-state index is 12.6. The molecule has 3 aliphatic heterocycles. The predicted molar refractivity (Wildman–Crippen MR) is 99.7 cm³/mol. The number of oxime groups is 1. The molecule has 5 rings (SSSR count). The van der Waals surface area contributed by atoms with Crippen LogP contribution in [0.3, 0.4) is 0 Å². The van der Waals surface area contributed by atoms with Gasteiger partial charge >= 0.3 is 0 Å². The zero-order valence-electron chi connectivity index (χ0n) is 15.6. The van der Waals surface area contributed by atoms with Gasteiger partial charge in [-0.05, 0) is 51.7 Å². The fourth-order valence-electron chi connectivity index (χ4n) is 4.80. The Morgan fingerprint density at radius 2 is 2.08 bits per heavy atom. The Bertz CT molecular complexity index is 777. The van der Waals surface area contributed by atoms with Crippen molar-refractivity contribution in [3.63, 3.8) is 0 Å². The first-order chi connectivity index (χ1) is 12.5. The highest BCUT2D eigenvalue weighted by atomic mass is 16.6. The van der Waals surface area contributed by atoms with E-state index in [2.05, 4.69) is 41.4 Å². The van der Waals surface area contributed by atoms with E-state index >= 15 is 0 Å². The van der Waals surface area contributed by atoms with Crippen LogP contribution in [-0.2, 0) is 9.63 Å². The smallest absolute Gasteiger partial charge is 0.223 e. The van der Waals surface area contributed by atoms with Gasteiger partial charge in [0.15, 0.2) is 0 Å². The normalized spacial score (nSPS) is 39.0. The fraction of sp³-hybridized carbons (Fsp3) is 0.650. The quantitative estimate of drug-likeness (QED) is 0.846. The zero-order chi connectivity index (χ0) is 18.0. The molecule has 5 aliphatic rings. The number of aliphatic imine (C=N–C) groups is 1. The standard InChI is InChI=1S/C20H26N4O2/c1-10-4-7-17(25)24(10)16-9-14(18-11(2)23-26-12(18)3)8-15-19(16)22-20(21-15)13-5-6-13/h8-10,12-13,16,18-19H,4-7H2,1-3H3,(H,21,22). The Morgan fingerprint density at radius 3 is 2.69 bits per heavy atom. The lowest BCUT2D eigenvalue weighted by Crippen LogP contribution is -2.48. The van der Waals surface area contributed by atoms with Gasteiger partial charge in [0.1, 0.15) is 18.0 Å². The van der Waals surface area contributed by atoms with E-state index in [1.165, 1.54) is 18.4 Å². The number of nitrogens with one attached hydrogen (secondary N) is 1. The second-order valence-corrected chi connectivity index (χ2v) is 8.32. The van der Waals surface area contributed by atoms with Gasteiger partial charge in [0.2, 0.25) is 5.91 Å². The Morgan fingerprint density at radius 1 is 1.27 bits per heavy atom. The Labute approximate surface area is 154 Å². The molecule has 138 valence electrons. The third-order valence-electron chi connectivity index (χ3n) is 6.34. The largest absolute Gasteiger partial charge is 0.392 e. The zero-order valence-corrected chi connectivity index (χ0v) is 15.6. The van der Waals surface area contributed by atoms with Crippen LogP contribution in [0.1, 0.15) is 46.5 Å². The molecule has 3 heterocycles. The van der Waals surface area contributed by atoms with Gasteiger partial charge < -0.3 is 15.1 Å². The van der Waals surface area contributed by atoms with Crippen LogP contribution >= 0.6 is 0 Å². The summed E-state index contributed by atoms with van der Waals surface area (Å²) in [4.78, 5) is 25.2. The summed E-state index contributed by atoms with van der Waals surface area (Å²) in [5, 5.41) is 7.75. The average Bonchev–Trinajstić information content (AvgIpc) is 3.17. The number of likely N-dealkylation sites (tertiary alicyclic amines) is 1. The van der Waals surface area contributed by atoms with Crippen molar-refractivity contribution in [1.82, 2.24) is 10.2 Å². The number of allylic oxidation sites excluding steroid dienone is 1. The highest BCUT2D eigenvalue weighted by molar-refractivity contribution is 5.92. The number of carbonyl (C=O) groups excluding carboxylic acids is 1. The van der Waals surface area contributed by atoms with Gasteiger partial charge in [-0.2, -0.15) is 0 Å². The monoisotopic (exact) mass is 354 g/mol. The van der Waals surface area contributed by atoms with Crippen molar-refractivity contribution in [2.75, 3.05) is 0 Å². The second kappa shape index (κ2) is 5.69. The maximum atomic E-state index is 12.6. The Hall–Kier alpha value is -2.11. The van der Waals surface area contributed by atoms with Crippen molar-refractivity contribution < 1.29 is 9.63 Å². The molecule has 2 fully saturated rings. The van der Waals surface area contributed by atoms with Crippen LogP contribution in [-0.4, -0.2) is 46.6 Å². The van der Waals surface area contributed by atoms with Gasteiger partial charge in [0, 0.05) is 24.1 Å². The van der Waals surface area contributed by atoms with Gasteiger partial charge in [-0.3, -0.25) is 9.79 Å². The molecule has 0 aromatic rings. The minimum atomic E-state index is -0.0145. The van der Waals surface area contributed by atoms with Crippen molar-refractivity contribution in [2.45, 2.75) is 70.7 Å². The molecule has 0 aromatic heterocycles. The Balaban J connectivity index is 1.54. The van der Waals surface area contributed by atoms with E-state index in [0.717, 1.165) is 23.7 Å². The highest BCUT2D eigenvalue weighted by Gasteiger charge is 2.45. The van der Waals surface area contributed by atoms with Crippen molar-refractivity contribution in [3.8, 4) is 0 Å². The van der Waals surface area contributed by atoms with Crippen LogP contribution in [0.25, 0.3) is 0 Å². The SMILES string of the molecule is CC1=NOC(C)C1C1=CC(N2C(=O)CCC2C)C2N=C(C3CC3)NC2=C1. The lowest BCUT2D eigenvalue weighted by atomic mass is 9.83. The van der Waals surface area contributed by atoms with Crippen LogP contribution in [0.2, 0.25) is 0 Å². The first-order valence-corrected chi connectivity index (χ1v) is 9.82. The molecule has 0 radical (unpaired) electrons. The number of hydrogen-bond donors (Lipinski definition) is 1. The van der Waals surface area contributed by atoms with E-state index in [4.69, 9.17) is 9.83 Å². The van der Waals surface area contributed by atoms with Crippen LogP contribution in [0.5, 0.6) is 0 Å². The molecule has 0 bridgehead atoms. The molecule has 6 heteroatoms. The van der Waals surface area contributed by atoms with E-state index in [1.807, 2.05) is 6.92 Å². The second-order valence-electron chi connectivity index (χ2n) is 8.32. The third kappa shape index (κ3) is 2.42. The van der Waals surface area contributed by atoms with E-state index in [9.17, 15) is 4.79 Å². The van der Waals surface area contributed by atoms with Crippen molar-refractivity contribution in [2.24, 2.45) is 22.0 Å². The molecule has 1 amide bonds. The number of hydrogen-bond acceptors (Lipinski definition) is 5. The molecule has 1 N–H and O–H groups in total. The summed E-state index contributed by atoms with van der Waals surface area (Å²) < 4.78 is 0. The number of carbonyl (C=O) groups is 1. The Kier molecular flexibility index (Phi) is 3.52. The number of nitrogens with zero attached hydrogens (tertiary/aromatic N) is 3. The van der Waals surface area contributed by atoms with Crippen molar-refractivity contribution >= 4 is 17.5 Å². The summed E-state index contributed by atoms with van der Waals surface area (Å²) in [6.07, 6.45) is 8.50. The molecule has 1 saturated heterocycles. The molecule has 0 aromatic carbocycles. The predicted octanol–water partition coefficient (Wildman–Crippen LogP) is 2.38. The lowest BCUT2D eigenvalue weighted by molar-refractivity contribution is -0.130. The van der Waals surface area contributed by atoms with Crippen LogP contribution < -0.4 is 5.32 Å². The lowest BCUT2D eigenvalue weighted by Gasteiger charge is -2.36. The van der Waals surface area contributed by atoms with E-state index < -0.39 is 0 Å². The summed E-state index contributed by atoms with van der Waals surface area (Å²) in [5.41, 5.74) is 3.33.